The van der Waals surface area contributed by atoms with Crippen LogP contribution in [-0.4, -0.2) is 19.9 Å². The van der Waals surface area contributed by atoms with Crippen LogP contribution in [0.25, 0.3) is 0 Å². The summed E-state index contributed by atoms with van der Waals surface area (Å²) >= 11 is 0. The Morgan fingerprint density at radius 3 is 2.11 bits per heavy atom. The van der Waals surface area contributed by atoms with Gasteiger partial charge in [-0.3, -0.25) is 0 Å². The van der Waals surface area contributed by atoms with E-state index in [2.05, 4.69) is 47.6 Å². The first-order valence-corrected chi connectivity index (χ1v) is 6.53. The number of hydrogen-bond acceptors (Lipinski definition) is 4. The second-order valence-electron chi connectivity index (χ2n) is 5.94. The van der Waals surface area contributed by atoms with Crippen LogP contribution in [0, 0.1) is 0 Å². The van der Waals surface area contributed by atoms with E-state index in [1.54, 1.807) is 6.33 Å². The van der Waals surface area contributed by atoms with Crippen molar-refractivity contribution in [1.82, 2.24) is 19.9 Å². The Labute approximate surface area is 114 Å². The third kappa shape index (κ3) is 3.56. The van der Waals surface area contributed by atoms with Crippen LogP contribution in [0.2, 0.25) is 0 Å². The Hall–Kier alpha value is -1.84. The molecule has 0 aliphatic heterocycles. The van der Waals surface area contributed by atoms with Crippen molar-refractivity contribution < 1.29 is 0 Å². The fourth-order valence-electron chi connectivity index (χ4n) is 1.88. The molecule has 2 aromatic rings. The summed E-state index contributed by atoms with van der Waals surface area (Å²) in [6, 6.07) is 0. The molecule has 0 saturated carbocycles. The Morgan fingerprint density at radius 2 is 1.58 bits per heavy atom. The predicted molar refractivity (Wildman–Crippen MR) is 74.9 cm³/mol. The third-order valence-corrected chi connectivity index (χ3v) is 3.07. The summed E-state index contributed by atoms with van der Waals surface area (Å²) < 4.78 is 0. The van der Waals surface area contributed by atoms with Crippen LogP contribution >= 0.6 is 0 Å². The highest BCUT2D eigenvalue weighted by molar-refractivity contribution is 5.16. The smallest absolute Gasteiger partial charge is 0.133 e. The number of nitrogens with zero attached hydrogens (tertiary/aromatic N) is 4. The van der Waals surface area contributed by atoms with Crippen molar-refractivity contribution in [3.63, 3.8) is 0 Å². The van der Waals surface area contributed by atoms with Crippen LogP contribution in [0.15, 0.2) is 31.1 Å². The molecule has 1 atom stereocenters. The minimum Gasteiger partial charge on any atom is -0.245 e. The number of aromatic nitrogens is 4. The molecule has 19 heavy (non-hydrogen) atoms. The lowest BCUT2D eigenvalue weighted by Crippen LogP contribution is -2.16. The normalized spacial score (nSPS) is 13.3. The van der Waals surface area contributed by atoms with E-state index in [1.165, 1.54) is 0 Å². The summed E-state index contributed by atoms with van der Waals surface area (Å²) in [5, 5.41) is 0. The zero-order valence-corrected chi connectivity index (χ0v) is 12.0. The SMILES string of the molecule is CC(Cc1cnc(C(C)(C)C)nc1)c1cncnc1. The molecule has 4 nitrogen and oxygen atoms in total. The Kier molecular flexibility index (Phi) is 3.88. The summed E-state index contributed by atoms with van der Waals surface area (Å²) in [5.41, 5.74) is 2.28. The third-order valence-electron chi connectivity index (χ3n) is 3.07. The molecule has 0 saturated heterocycles. The molecule has 2 rings (SSSR count). The molecule has 0 N–H and O–H groups in total. The predicted octanol–water partition coefficient (Wildman–Crippen LogP) is 2.91. The van der Waals surface area contributed by atoms with Gasteiger partial charge in [0.1, 0.15) is 12.2 Å². The Morgan fingerprint density at radius 1 is 1.00 bits per heavy atom. The maximum atomic E-state index is 4.45. The summed E-state index contributed by atoms with van der Waals surface area (Å²) in [5.74, 6) is 1.25. The highest BCUT2D eigenvalue weighted by atomic mass is 14.9. The van der Waals surface area contributed by atoms with Gasteiger partial charge in [0, 0.05) is 30.2 Å². The van der Waals surface area contributed by atoms with Crippen LogP contribution in [0.1, 0.15) is 50.6 Å². The van der Waals surface area contributed by atoms with Crippen LogP contribution in [0.3, 0.4) is 0 Å². The van der Waals surface area contributed by atoms with Crippen LogP contribution in [0.5, 0.6) is 0 Å². The van der Waals surface area contributed by atoms with Crippen molar-refractivity contribution in [3.8, 4) is 0 Å². The monoisotopic (exact) mass is 256 g/mol. The minimum absolute atomic E-state index is 0.00256. The van der Waals surface area contributed by atoms with Crippen LogP contribution in [0.4, 0.5) is 0 Å². The average molecular weight is 256 g/mol. The van der Waals surface area contributed by atoms with Gasteiger partial charge in [0.2, 0.25) is 0 Å². The largest absolute Gasteiger partial charge is 0.245 e. The molecule has 0 amide bonds. The zero-order valence-electron chi connectivity index (χ0n) is 12.0. The maximum absolute atomic E-state index is 4.45. The lowest BCUT2D eigenvalue weighted by atomic mass is 9.95. The van der Waals surface area contributed by atoms with Crippen molar-refractivity contribution >= 4 is 0 Å². The van der Waals surface area contributed by atoms with E-state index in [4.69, 9.17) is 0 Å². The highest BCUT2D eigenvalue weighted by Crippen LogP contribution is 2.20. The van der Waals surface area contributed by atoms with E-state index in [1.807, 2.05) is 24.8 Å². The van der Waals surface area contributed by atoms with Gasteiger partial charge in [-0.25, -0.2) is 19.9 Å². The van der Waals surface area contributed by atoms with Gasteiger partial charge in [0.25, 0.3) is 0 Å². The first-order valence-electron chi connectivity index (χ1n) is 6.53. The fourth-order valence-corrected chi connectivity index (χ4v) is 1.88. The molecule has 0 bridgehead atoms. The van der Waals surface area contributed by atoms with Gasteiger partial charge in [0.15, 0.2) is 0 Å². The van der Waals surface area contributed by atoms with Crippen molar-refractivity contribution in [2.45, 2.75) is 45.4 Å². The van der Waals surface area contributed by atoms with Gasteiger partial charge < -0.3 is 0 Å². The molecule has 0 aromatic carbocycles. The topological polar surface area (TPSA) is 51.6 Å². The van der Waals surface area contributed by atoms with Gasteiger partial charge in [-0.1, -0.05) is 27.7 Å². The molecule has 4 heteroatoms. The van der Waals surface area contributed by atoms with Crippen molar-refractivity contribution in [3.05, 3.63) is 48.1 Å². The Bertz CT molecular complexity index is 514. The molecule has 0 aliphatic rings. The van der Waals surface area contributed by atoms with E-state index >= 15 is 0 Å². The lowest BCUT2D eigenvalue weighted by molar-refractivity contribution is 0.543. The van der Waals surface area contributed by atoms with E-state index in [0.29, 0.717) is 5.92 Å². The second kappa shape index (κ2) is 5.43. The minimum atomic E-state index is -0.00256. The standard InChI is InChI=1S/C15H20N4/c1-11(13-8-16-10-17-9-13)5-12-6-18-14(19-7-12)15(2,3)4/h6-11H,5H2,1-4H3. The van der Waals surface area contributed by atoms with E-state index in [-0.39, 0.29) is 5.41 Å². The molecule has 0 aliphatic carbocycles. The molecular weight excluding hydrogens is 236 g/mol. The summed E-state index contributed by atoms with van der Waals surface area (Å²) in [6.07, 6.45) is 10.0. The summed E-state index contributed by atoms with van der Waals surface area (Å²) in [7, 11) is 0. The van der Waals surface area contributed by atoms with Crippen LogP contribution < -0.4 is 0 Å². The number of hydrogen-bond donors (Lipinski definition) is 0. The summed E-state index contributed by atoms with van der Waals surface area (Å²) in [6.45, 7) is 8.51. The Balaban J connectivity index is 2.08. The van der Waals surface area contributed by atoms with Gasteiger partial charge in [-0.2, -0.15) is 0 Å². The van der Waals surface area contributed by atoms with Gasteiger partial charge in [-0.15, -0.1) is 0 Å². The van der Waals surface area contributed by atoms with E-state index in [0.717, 1.165) is 23.4 Å². The zero-order chi connectivity index (χ0) is 13.9. The molecule has 2 heterocycles. The quantitative estimate of drug-likeness (QED) is 0.847. The molecular formula is C15H20N4. The van der Waals surface area contributed by atoms with Gasteiger partial charge >= 0.3 is 0 Å². The first kappa shape index (κ1) is 13.6. The molecule has 0 spiro atoms. The fraction of sp³-hybridized carbons (Fsp3) is 0.467. The van der Waals surface area contributed by atoms with Crippen molar-refractivity contribution in [2.75, 3.05) is 0 Å². The maximum Gasteiger partial charge on any atom is 0.133 e. The van der Waals surface area contributed by atoms with Gasteiger partial charge in [-0.05, 0) is 23.5 Å². The van der Waals surface area contributed by atoms with Crippen molar-refractivity contribution in [1.29, 1.82) is 0 Å². The molecule has 100 valence electrons. The second-order valence-corrected chi connectivity index (χ2v) is 5.94. The number of rotatable bonds is 3. The summed E-state index contributed by atoms with van der Waals surface area (Å²) in [4.78, 5) is 17.0. The van der Waals surface area contributed by atoms with E-state index < -0.39 is 0 Å². The highest BCUT2D eigenvalue weighted by Gasteiger charge is 2.17. The first-order chi connectivity index (χ1) is 8.97. The van der Waals surface area contributed by atoms with E-state index in [9.17, 15) is 0 Å². The van der Waals surface area contributed by atoms with Crippen molar-refractivity contribution in [2.24, 2.45) is 0 Å². The van der Waals surface area contributed by atoms with Crippen LogP contribution in [-0.2, 0) is 11.8 Å². The molecule has 0 fully saturated rings. The average Bonchev–Trinajstić information content (AvgIpc) is 2.39. The lowest BCUT2D eigenvalue weighted by Gasteiger charge is -2.16. The molecule has 1 unspecified atom stereocenters. The molecule has 0 radical (unpaired) electrons. The van der Waals surface area contributed by atoms with Gasteiger partial charge in [0.05, 0.1) is 0 Å². The molecule has 2 aromatic heterocycles.